The van der Waals surface area contributed by atoms with Gasteiger partial charge in [0.1, 0.15) is 5.76 Å². The number of rotatable bonds is 8. The van der Waals surface area contributed by atoms with Crippen LogP contribution in [-0.4, -0.2) is 32.3 Å². The molecule has 0 saturated carbocycles. The largest absolute Gasteiger partial charge is 0.490 e. The van der Waals surface area contributed by atoms with Crippen LogP contribution >= 0.6 is 12.4 Å². The summed E-state index contributed by atoms with van der Waals surface area (Å²) in [5.41, 5.74) is 6.23. The van der Waals surface area contributed by atoms with Gasteiger partial charge in [-0.25, -0.2) is 0 Å². The number of carbonyl (C=O) groups excluding carboxylic acids is 1. The van der Waals surface area contributed by atoms with Crippen molar-refractivity contribution in [2.45, 2.75) is 32.4 Å². The molecule has 2 unspecified atom stereocenters. The number of benzene rings is 1. The maximum absolute atomic E-state index is 12.0. The summed E-state index contributed by atoms with van der Waals surface area (Å²) in [5.74, 6) is 1.26. The van der Waals surface area contributed by atoms with E-state index in [9.17, 15) is 4.79 Å². The minimum absolute atomic E-state index is 0. The quantitative estimate of drug-likeness (QED) is 0.759. The van der Waals surface area contributed by atoms with E-state index in [1.165, 1.54) is 0 Å². The van der Waals surface area contributed by atoms with Crippen LogP contribution in [0.4, 0.5) is 0 Å². The van der Waals surface area contributed by atoms with Crippen LogP contribution in [0.3, 0.4) is 0 Å². The number of hydrogen-bond donors (Lipinski definition) is 2. The minimum Gasteiger partial charge on any atom is -0.490 e. The number of para-hydroxylation sites is 1. The summed E-state index contributed by atoms with van der Waals surface area (Å²) in [7, 11) is 1.54. The Kier molecular flexibility index (Phi) is 8.04. The Morgan fingerprint density at radius 1 is 1.42 bits per heavy atom. The maximum atomic E-state index is 12.0. The second kappa shape index (κ2) is 9.52. The van der Waals surface area contributed by atoms with Crippen molar-refractivity contribution < 1.29 is 18.7 Å². The fourth-order valence-electron chi connectivity index (χ4n) is 2.38. The molecule has 7 heteroatoms. The van der Waals surface area contributed by atoms with E-state index in [0.717, 1.165) is 5.39 Å². The molecule has 0 bridgehead atoms. The summed E-state index contributed by atoms with van der Waals surface area (Å²) in [6.45, 7) is 4.68. The molecule has 3 N–H and O–H groups in total. The zero-order valence-corrected chi connectivity index (χ0v) is 15.0. The lowest BCUT2D eigenvalue weighted by Gasteiger charge is -2.15. The molecule has 1 aromatic carbocycles. The van der Waals surface area contributed by atoms with Gasteiger partial charge >= 0.3 is 0 Å². The third kappa shape index (κ3) is 4.87. The van der Waals surface area contributed by atoms with Gasteiger partial charge in [0.25, 0.3) is 0 Å². The van der Waals surface area contributed by atoms with Crippen molar-refractivity contribution in [3.05, 3.63) is 30.0 Å². The average Bonchev–Trinajstić information content (AvgIpc) is 2.98. The summed E-state index contributed by atoms with van der Waals surface area (Å²) in [4.78, 5) is 12.0. The van der Waals surface area contributed by atoms with E-state index >= 15 is 0 Å². The van der Waals surface area contributed by atoms with E-state index in [0.29, 0.717) is 30.2 Å². The number of amides is 1. The molecule has 1 amide bonds. The van der Waals surface area contributed by atoms with E-state index < -0.39 is 0 Å². The summed E-state index contributed by atoms with van der Waals surface area (Å²) in [6, 6.07) is 7.40. The lowest BCUT2D eigenvalue weighted by atomic mass is 10.2. The summed E-state index contributed by atoms with van der Waals surface area (Å²) in [5, 5.41) is 3.85. The second-order valence-corrected chi connectivity index (χ2v) is 5.34. The van der Waals surface area contributed by atoms with Gasteiger partial charge in [-0.3, -0.25) is 4.79 Å². The van der Waals surface area contributed by atoms with Crippen molar-refractivity contribution in [2.75, 3.05) is 20.3 Å². The number of halogens is 1. The van der Waals surface area contributed by atoms with E-state index in [2.05, 4.69) is 5.32 Å². The Bertz CT molecular complexity index is 655. The Morgan fingerprint density at radius 2 is 2.17 bits per heavy atom. The van der Waals surface area contributed by atoms with Gasteiger partial charge in [-0.15, -0.1) is 12.4 Å². The Labute approximate surface area is 148 Å². The molecule has 2 aromatic rings. The summed E-state index contributed by atoms with van der Waals surface area (Å²) < 4.78 is 16.6. The first-order valence-corrected chi connectivity index (χ1v) is 7.76. The molecule has 0 aliphatic heterocycles. The van der Waals surface area contributed by atoms with Crippen LogP contribution < -0.4 is 15.8 Å². The molecule has 0 aliphatic carbocycles. The highest BCUT2D eigenvalue weighted by Crippen LogP contribution is 2.31. The van der Waals surface area contributed by atoms with Crippen LogP contribution in [0.25, 0.3) is 11.0 Å². The second-order valence-electron chi connectivity index (χ2n) is 5.34. The molecule has 0 radical (unpaired) electrons. The van der Waals surface area contributed by atoms with Crippen LogP contribution in [-0.2, 0) is 9.53 Å². The third-order valence-electron chi connectivity index (χ3n) is 3.64. The molecule has 1 aromatic heterocycles. The molecule has 24 heavy (non-hydrogen) atoms. The zero-order chi connectivity index (χ0) is 16.8. The van der Waals surface area contributed by atoms with Crippen LogP contribution in [0.15, 0.2) is 28.7 Å². The van der Waals surface area contributed by atoms with Gasteiger partial charge in [0, 0.05) is 19.0 Å². The summed E-state index contributed by atoms with van der Waals surface area (Å²) in [6.07, 6.45) is -0.0516. The van der Waals surface area contributed by atoms with Crippen LogP contribution in [0.5, 0.6) is 5.75 Å². The molecule has 2 atom stereocenters. The number of nitrogens with two attached hydrogens (primary N) is 1. The molecular formula is C17H25ClN2O4. The Hall–Kier alpha value is -1.76. The third-order valence-corrected chi connectivity index (χ3v) is 3.64. The molecule has 0 saturated heterocycles. The van der Waals surface area contributed by atoms with Gasteiger partial charge in [0.15, 0.2) is 11.3 Å². The molecule has 2 rings (SSSR count). The van der Waals surface area contributed by atoms with Gasteiger partial charge in [-0.2, -0.15) is 0 Å². The monoisotopic (exact) mass is 356 g/mol. The fourth-order valence-corrected chi connectivity index (χ4v) is 2.38. The van der Waals surface area contributed by atoms with Crippen LogP contribution in [0, 0.1) is 0 Å². The van der Waals surface area contributed by atoms with Crippen LogP contribution in [0.2, 0.25) is 0 Å². The van der Waals surface area contributed by atoms with Crippen molar-refractivity contribution in [3.63, 3.8) is 0 Å². The predicted molar refractivity (Wildman–Crippen MR) is 95.7 cm³/mol. The molecule has 0 aliphatic rings. The van der Waals surface area contributed by atoms with Gasteiger partial charge in [0.2, 0.25) is 5.91 Å². The van der Waals surface area contributed by atoms with E-state index in [-0.39, 0.29) is 36.9 Å². The van der Waals surface area contributed by atoms with Gasteiger partial charge in [-0.1, -0.05) is 12.1 Å². The predicted octanol–water partition coefficient (Wildman–Crippen LogP) is 2.79. The highest BCUT2D eigenvalue weighted by atomic mass is 35.5. The van der Waals surface area contributed by atoms with Crippen molar-refractivity contribution in [1.82, 2.24) is 5.32 Å². The number of carbonyl (C=O) groups is 1. The van der Waals surface area contributed by atoms with Crippen molar-refractivity contribution in [2.24, 2.45) is 5.73 Å². The van der Waals surface area contributed by atoms with E-state index in [4.69, 9.17) is 19.6 Å². The fraction of sp³-hybridized carbons (Fsp3) is 0.471. The molecule has 0 spiro atoms. The molecule has 1 heterocycles. The van der Waals surface area contributed by atoms with E-state index in [1.54, 1.807) is 7.11 Å². The van der Waals surface area contributed by atoms with Crippen LogP contribution in [0.1, 0.15) is 32.1 Å². The summed E-state index contributed by atoms with van der Waals surface area (Å²) >= 11 is 0. The molecular weight excluding hydrogens is 332 g/mol. The number of furan rings is 1. The minimum atomic E-state index is -0.276. The number of nitrogens with one attached hydrogen (secondary N) is 1. The maximum Gasteiger partial charge on any atom is 0.223 e. The Balaban J connectivity index is 0.00000288. The van der Waals surface area contributed by atoms with Crippen molar-refractivity contribution >= 4 is 29.3 Å². The highest BCUT2D eigenvalue weighted by Gasteiger charge is 2.18. The average molecular weight is 357 g/mol. The number of methoxy groups -OCH3 is 1. The molecule has 6 nitrogen and oxygen atoms in total. The first kappa shape index (κ1) is 20.3. The molecule has 0 fully saturated rings. The van der Waals surface area contributed by atoms with Gasteiger partial charge in [0.05, 0.1) is 25.2 Å². The number of fused-ring (bicyclic) bond motifs is 1. The SMILES string of the molecule is CCOc1cccc2cc(C(C)NC(=O)CC(CN)OC)oc12.Cl. The number of hydrogen-bond acceptors (Lipinski definition) is 5. The highest BCUT2D eigenvalue weighted by molar-refractivity contribution is 5.85. The van der Waals surface area contributed by atoms with Gasteiger partial charge in [-0.05, 0) is 26.0 Å². The number of ether oxygens (including phenoxy) is 2. The molecule has 134 valence electrons. The Morgan fingerprint density at radius 3 is 2.79 bits per heavy atom. The standard InChI is InChI=1S/C17H24N2O4.ClH/c1-4-22-14-7-5-6-12-8-15(23-17(12)14)11(2)19-16(20)9-13(10-18)21-3;/h5-8,11,13H,4,9-10,18H2,1-3H3,(H,19,20);1H. The van der Waals surface area contributed by atoms with Crippen molar-refractivity contribution in [1.29, 1.82) is 0 Å². The lowest BCUT2D eigenvalue weighted by Crippen LogP contribution is -2.33. The smallest absolute Gasteiger partial charge is 0.223 e. The first-order valence-electron chi connectivity index (χ1n) is 7.76. The lowest BCUT2D eigenvalue weighted by molar-refractivity contribution is -0.124. The van der Waals surface area contributed by atoms with Crippen molar-refractivity contribution in [3.8, 4) is 5.75 Å². The first-order chi connectivity index (χ1) is 11.1. The topological polar surface area (TPSA) is 86.7 Å². The van der Waals surface area contributed by atoms with Gasteiger partial charge < -0.3 is 24.9 Å². The zero-order valence-electron chi connectivity index (χ0n) is 14.2. The normalized spacial score (nSPS) is 13.2. The van der Waals surface area contributed by atoms with E-state index in [1.807, 2.05) is 38.1 Å².